The number of hydrogen-bond donors (Lipinski definition) is 7. The van der Waals surface area contributed by atoms with Crippen LogP contribution in [-0.4, -0.2) is 74.7 Å². The normalized spacial score (nSPS) is 23.0. The molecule has 3 aromatic rings. The number of phosphoric ester groups is 1. The van der Waals surface area contributed by atoms with E-state index in [4.69, 9.17) is 14.5 Å². The first kappa shape index (κ1) is 25.2. The maximum atomic E-state index is 10.9. The van der Waals surface area contributed by atoms with Crippen molar-refractivity contribution in [2.75, 3.05) is 11.9 Å². The number of fused-ring (bicyclic) bond motifs is 1. The Kier molecular flexibility index (Phi) is 7.15. The fourth-order valence-electron chi connectivity index (χ4n) is 3.42. The summed E-state index contributed by atoms with van der Waals surface area (Å²) in [6, 6.07) is 1.50. The van der Waals surface area contributed by atoms with Gasteiger partial charge in [0, 0.05) is 6.54 Å². The molecular weight excluding hydrogens is 609 g/mol. The smallest absolute Gasteiger partial charge is 0.469 e. The number of phenols is 2. The van der Waals surface area contributed by atoms with Crippen LogP contribution in [0.5, 0.6) is 11.5 Å². The first-order chi connectivity index (χ1) is 16.0. The highest BCUT2D eigenvalue weighted by molar-refractivity contribution is 9.11. The van der Waals surface area contributed by atoms with Gasteiger partial charge in [-0.15, -0.1) is 0 Å². The van der Waals surface area contributed by atoms with Crippen molar-refractivity contribution in [2.45, 2.75) is 31.1 Å². The molecule has 1 saturated heterocycles. The van der Waals surface area contributed by atoms with E-state index < -0.39 is 39.0 Å². The van der Waals surface area contributed by atoms with Crippen LogP contribution in [0.15, 0.2) is 27.7 Å². The van der Waals surface area contributed by atoms with Gasteiger partial charge in [-0.2, -0.15) is 0 Å². The van der Waals surface area contributed by atoms with E-state index in [2.05, 4.69) is 56.7 Å². The molecule has 0 amide bonds. The van der Waals surface area contributed by atoms with E-state index in [1.807, 2.05) is 0 Å². The first-order valence-electron chi connectivity index (χ1n) is 9.49. The Hall–Kier alpha value is -1.88. The molecule has 1 fully saturated rings. The van der Waals surface area contributed by atoms with Crippen molar-refractivity contribution in [3.8, 4) is 11.5 Å². The number of halogens is 2. The molecule has 34 heavy (non-hydrogen) atoms. The third-order valence-electron chi connectivity index (χ3n) is 5.09. The first-order valence-corrected chi connectivity index (χ1v) is 12.6. The zero-order valence-electron chi connectivity index (χ0n) is 16.9. The summed E-state index contributed by atoms with van der Waals surface area (Å²) < 4.78 is 22.9. The number of aromatic hydroxyl groups is 2. The van der Waals surface area contributed by atoms with Gasteiger partial charge in [0.1, 0.15) is 36.1 Å². The molecule has 2 aromatic heterocycles. The molecule has 4 rings (SSSR count). The quantitative estimate of drug-likeness (QED) is 0.183. The van der Waals surface area contributed by atoms with E-state index in [0.717, 1.165) is 0 Å². The van der Waals surface area contributed by atoms with Crippen molar-refractivity contribution >= 4 is 56.7 Å². The minimum atomic E-state index is -4.80. The number of aliphatic hydroxyl groups excluding tert-OH is 2. The second kappa shape index (κ2) is 9.64. The highest BCUT2D eigenvalue weighted by Crippen LogP contribution is 2.41. The largest absolute Gasteiger partial charge is 0.506 e. The van der Waals surface area contributed by atoms with E-state index in [1.165, 1.54) is 23.3 Å². The van der Waals surface area contributed by atoms with Gasteiger partial charge in [-0.05, 0) is 37.9 Å². The van der Waals surface area contributed by atoms with Crippen molar-refractivity contribution in [3.63, 3.8) is 0 Å². The monoisotopic (exact) mass is 625 g/mol. The fraction of sp³-hybridized carbons (Fsp3) is 0.353. The van der Waals surface area contributed by atoms with Crippen LogP contribution in [0.3, 0.4) is 0 Å². The molecule has 3 heterocycles. The summed E-state index contributed by atoms with van der Waals surface area (Å²) in [6.07, 6.45) is -2.85. The lowest BCUT2D eigenvalue weighted by molar-refractivity contribution is -0.0504. The molecule has 0 spiro atoms. The topological polar surface area (TPSA) is 213 Å². The third-order valence-corrected chi connectivity index (χ3v) is 6.78. The molecule has 14 nitrogen and oxygen atoms in total. The molecule has 0 aliphatic carbocycles. The lowest BCUT2D eigenvalue weighted by Crippen LogP contribution is -2.33. The summed E-state index contributed by atoms with van der Waals surface area (Å²) in [5.41, 5.74) is 0.669. The van der Waals surface area contributed by atoms with Gasteiger partial charge in [0.15, 0.2) is 23.2 Å². The van der Waals surface area contributed by atoms with Gasteiger partial charge in [-0.25, -0.2) is 19.5 Å². The SMILES string of the molecule is O=P(O)(O)OC[C@H]1O[C@@H](n2cnc3c(NCc4c(O)c(Br)cc(Br)c4O)ncnc32)[C@H](O)[C@@H]1O. The molecule has 1 aliphatic heterocycles. The molecule has 0 radical (unpaired) electrons. The van der Waals surface area contributed by atoms with Gasteiger partial charge < -0.3 is 40.3 Å². The Morgan fingerprint density at radius 3 is 2.44 bits per heavy atom. The summed E-state index contributed by atoms with van der Waals surface area (Å²) in [4.78, 5) is 30.2. The van der Waals surface area contributed by atoms with E-state index >= 15 is 0 Å². The number of rotatable bonds is 7. The van der Waals surface area contributed by atoms with Crippen LogP contribution >= 0.6 is 39.7 Å². The van der Waals surface area contributed by atoms with Crippen LogP contribution in [0, 0.1) is 0 Å². The van der Waals surface area contributed by atoms with Crippen molar-refractivity contribution in [1.29, 1.82) is 0 Å². The number of aliphatic hydroxyl groups is 2. The highest BCUT2D eigenvalue weighted by atomic mass is 79.9. The molecule has 1 aliphatic rings. The maximum Gasteiger partial charge on any atom is 0.469 e. The average molecular weight is 627 g/mol. The molecule has 0 saturated carbocycles. The number of aromatic nitrogens is 4. The van der Waals surface area contributed by atoms with Crippen molar-refractivity contribution < 1.29 is 44.0 Å². The minimum Gasteiger partial charge on any atom is -0.506 e. The van der Waals surface area contributed by atoms with Crippen LogP contribution < -0.4 is 5.32 Å². The lowest BCUT2D eigenvalue weighted by Gasteiger charge is -2.16. The van der Waals surface area contributed by atoms with Crippen LogP contribution in [0.2, 0.25) is 0 Å². The van der Waals surface area contributed by atoms with Gasteiger partial charge in [0.2, 0.25) is 0 Å². The number of anilines is 1. The Balaban J connectivity index is 1.58. The standard InChI is InChI=1S/C17H18Br2N5O9P/c18-7-1-8(19)12(26)6(11(7)25)2-20-15-10-16(22-4-21-15)24(5-23-10)17-14(28)13(27)9(33-17)3-32-34(29,30)31/h1,4-5,9,13-14,17,25-28H,2-3H2,(H,20,21,22)(H2,29,30,31)/t9-,13-,14-,17-/m1/s1. The second-order valence-corrected chi connectivity index (χ2v) is 10.2. The number of benzene rings is 1. The number of phenolic OH excluding ortho intramolecular Hbond substituents is 2. The molecule has 17 heteroatoms. The number of nitrogens with zero attached hydrogens (tertiary/aromatic N) is 4. The van der Waals surface area contributed by atoms with E-state index in [1.54, 1.807) is 0 Å². The van der Waals surface area contributed by atoms with Gasteiger partial charge in [0.25, 0.3) is 0 Å². The van der Waals surface area contributed by atoms with Crippen LogP contribution in [0.1, 0.15) is 11.8 Å². The Labute approximate surface area is 207 Å². The van der Waals surface area contributed by atoms with Crippen molar-refractivity contribution in [2.24, 2.45) is 0 Å². The fourth-order valence-corrected chi connectivity index (χ4v) is 5.01. The predicted octanol–water partition coefficient (Wildman–Crippen LogP) is 1.10. The summed E-state index contributed by atoms with van der Waals surface area (Å²) in [5.74, 6) is -0.0822. The van der Waals surface area contributed by atoms with Gasteiger partial charge >= 0.3 is 7.82 Å². The second-order valence-electron chi connectivity index (χ2n) is 7.25. The summed E-state index contributed by atoms with van der Waals surface area (Å²) in [7, 11) is -4.80. The minimum absolute atomic E-state index is 0.0300. The van der Waals surface area contributed by atoms with E-state index in [9.17, 15) is 25.0 Å². The Morgan fingerprint density at radius 2 is 1.79 bits per heavy atom. The Bertz CT molecular complexity index is 1250. The van der Waals surface area contributed by atoms with Crippen LogP contribution in [0.4, 0.5) is 5.82 Å². The molecule has 4 atom stereocenters. The molecule has 0 bridgehead atoms. The number of ether oxygens (including phenoxy) is 1. The van der Waals surface area contributed by atoms with E-state index in [0.29, 0.717) is 8.95 Å². The number of phosphoric acid groups is 1. The number of nitrogens with one attached hydrogen (secondary N) is 1. The average Bonchev–Trinajstić information content (AvgIpc) is 3.32. The zero-order chi connectivity index (χ0) is 24.8. The summed E-state index contributed by atoms with van der Waals surface area (Å²) in [5, 5.41) is 44.1. The molecular formula is C17H18Br2N5O9P. The summed E-state index contributed by atoms with van der Waals surface area (Å²) in [6.45, 7) is -0.680. The predicted molar refractivity (Wildman–Crippen MR) is 122 cm³/mol. The van der Waals surface area contributed by atoms with Crippen molar-refractivity contribution in [1.82, 2.24) is 19.5 Å². The van der Waals surface area contributed by atoms with Gasteiger partial charge in [0.05, 0.1) is 27.4 Å². The van der Waals surface area contributed by atoms with Gasteiger partial charge in [-0.1, -0.05) is 0 Å². The molecule has 0 unspecified atom stereocenters. The summed E-state index contributed by atoms with van der Waals surface area (Å²) >= 11 is 6.41. The Morgan fingerprint density at radius 1 is 1.12 bits per heavy atom. The van der Waals surface area contributed by atoms with Gasteiger partial charge in [-0.3, -0.25) is 9.09 Å². The molecule has 1 aromatic carbocycles. The number of hydrogen-bond acceptors (Lipinski definition) is 11. The molecule has 184 valence electrons. The third kappa shape index (κ3) is 4.91. The van der Waals surface area contributed by atoms with E-state index in [-0.39, 0.29) is 40.6 Å². The van der Waals surface area contributed by atoms with Crippen LogP contribution in [0.25, 0.3) is 11.2 Å². The maximum absolute atomic E-state index is 10.9. The zero-order valence-corrected chi connectivity index (χ0v) is 20.9. The highest BCUT2D eigenvalue weighted by Gasteiger charge is 2.45. The van der Waals surface area contributed by atoms with Crippen molar-refractivity contribution in [3.05, 3.63) is 33.2 Å². The lowest BCUT2D eigenvalue weighted by atomic mass is 10.1. The molecule has 7 N–H and O–H groups in total. The van der Waals surface area contributed by atoms with Crippen LogP contribution in [-0.2, 0) is 20.4 Å². The number of imidazole rings is 1.